The van der Waals surface area contributed by atoms with Crippen molar-refractivity contribution in [3.63, 3.8) is 0 Å². The van der Waals surface area contributed by atoms with E-state index in [0.717, 1.165) is 11.3 Å². The molecule has 21 heavy (non-hydrogen) atoms. The highest BCUT2D eigenvalue weighted by Gasteiger charge is 2.04. The molecule has 2 aromatic carbocycles. The van der Waals surface area contributed by atoms with E-state index in [0.29, 0.717) is 12.3 Å². The van der Waals surface area contributed by atoms with Gasteiger partial charge in [0, 0.05) is 5.69 Å². The molecule has 0 saturated carbocycles. The van der Waals surface area contributed by atoms with Crippen LogP contribution in [0.1, 0.15) is 12.0 Å². The van der Waals surface area contributed by atoms with Gasteiger partial charge in [0.2, 0.25) is 5.91 Å². The van der Waals surface area contributed by atoms with Crippen molar-refractivity contribution in [2.45, 2.75) is 13.0 Å². The maximum atomic E-state index is 11.5. The lowest BCUT2D eigenvalue weighted by Crippen LogP contribution is -2.20. The first-order chi connectivity index (χ1) is 10.1. The van der Waals surface area contributed by atoms with Crippen LogP contribution in [0, 0.1) is 5.41 Å². The second kappa shape index (κ2) is 7.09. The Bertz CT molecular complexity index is 609. The van der Waals surface area contributed by atoms with Crippen molar-refractivity contribution in [1.29, 1.82) is 5.41 Å². The van der Waals surface area contributed by atoms with Crippen LogP contribution >= 0.6 is 0 Å². The summed E-state index contributed by atoms with van der Waals surface area (Å²) in [6.45, 7) is 0.497. The van der Waals surface area contributed by atoms with Crippen LogP contribution in [-0.2, 0) is 11.4 Å². The first-order valence-corrected chi connectivity index (χ1v) is 6.53. The quantitative estimate of drug-likeness (QED) is 0.562. The molecule has 108 valence electrons. The van der Waals surface area contributed by atoms with Crippen molar-refractivity contribution in [3.05, 3.63) is 60.2 Å². The van der Waals surface area contributed by atoms with Crippen molar-refractivity contribution >= 4 is 17.4 Å². The molecule has 0 aromatic heterocycles. The second-order valence-corrected chi connectivity index (χ2v) is 4.55. The minimum atomic E-state index is -0.305. The minimum absolute atomic E-state index is 0.105. The summed E-state index contributed by atoms with van der Waals surface area (Å²) in [5, 5.41) is 9.72. The molecule has 0 unspecified atom stereocenters. The van der Waals surface area contributed by atoms with E-state index in [2.05, 4.69) is 5.32 Å². The molecule has 2 aromatic rings. The number of rotatable bonds is 6. The number of nitrogens with two attached hydrogens (primary N) is 1. The minimum Gasteiger partial charge on any atom is -0.489 e. The van der Waals surface area contributed by atoms with Gasteiger partial charge in [-0.1, -0.05) is 30.3 Å². The van der Waals surface area contributed by atoms with E-state index >= 15 is 0 Å². The zero-order chi connectivity index (χ0) is 15.1. The van der Waals surface area contributed by atoms with Crippen LogP contribution in [0.4, 0.5) is 5.69 Å². The molecule has 0 radical (unpaired) electrons. The normalized spacial score (nSPS) is 9.90. The van der Waals surface area contributed by atoms with Gasteiger partial charge in [0.25, 0.3) is 0 Å². The number of benzene rings is 2. The van der Waals surface area contributed by atoms with E-state index in [-0.39, 0.29) is 18.2 Å². The van der Waals surface area contributed by atoms with Crippen LogP contribution in [0.5, 0.6) is 5.75 Å². The average Bonchev–Trinajstić information content (AvgIpc) is 2.47. The largest absolute Gasteiger partial charge is 0.489 e. The lowest BCUT2D eigenvalue weighted by Gasteiger charge is -2.08. The SMILES string of the molecule is N=C(N)CC(=O)Nc1ccc(OCc2ccccc2)cc1. The van der Waals surface area contributed by atoms with Gasteiger partial charge in [0.05, 0.1) is 6.42 Å². The van der Waals surface area contributed by atoms with E-state index in [4.69, 9.17) is 15.9 Å². The molecule has 1 amide bonds. The van der Waals surface area contributed by atoms with E-state index in [9.17, 15) is 4.79 Å². The zero-order valence-corrected chi connectivity index (χ0v) is 11.5. The molecule has 0 fully saturated rings. The van der Waals surface area contributed by atoms with Gasteiger partial charge in [0.1, 0.15) is 18.2 Å². The third-order valence-electron chi connectivity index (χ3n) is 2.74. The summed E-state index contributed by atoms with van der Waals surface area (Å²) in [5.74, 6) is 0.263. The highest BCUT2D eigenvalue weighted by atomic mass is 16.5. The first kappa shape index (κ1) is 14.6. The molecule has 0 saturated heterocycles. The lowest BCUT2D eigenvalue weighted by atomic mass is 10.2. The number of carbonyl (C=O) groups excluding carboxylic acids is 1. The number of nitrogens with one attached hydrogen (secondary N) is 2. The summed E-state index contributed by atoms with van der Waals surface area (Å²) < 4.78 is 5.65. The molecule has 0 aliphatic rings. The predicted molar refractivity (Wildman–Crippen MR) is 82.4 cm³/mol. The number of hydrogen-bond acceptors (Lipinski definition) is 3. The van der Waals surface area contributed by atoms with Gasteiger partial charge in [-0.05, 0) is 29.8 Å². The molecule has 2 rings (SSSR count). The average molecular weight is 283 g/mol. The third-order valence-corrected chi connectivity index (χ3v) is 2.74. The van der Waals surface area contributed by atoms with Gasteiger partial charge in [-0.2, -0.15) is 0 Å². The topological polar surface area (TPSA) is 88.2 Å². The van der Waals surface area contributed by atoms with Crippen molar-refractivity contribution in [2.75, 3.05) is 5.32 Å². The molecular formula is C16H17N3O2. The summed E-state index contributed by atoms with van der Waals surface area (Å²) in [6, 6.07) is 16.9. The fourth-order valence-electron chi connectivity index (χ4n) is 1.75. The number of anilines is 1. The summed E-state index contributed by atoms with van der Waals surface area (Å²) in [7, 11) is 0. The zero-order valence-electron chi connectivity index (χ0n) is 11.5. The molecule has 0 heterocycles. The van der Waals surface area contributed by atoms with Crippen molar-refractivity contribution < 1.29 is 9.53 Å². The number of carbonyl (C=O) groups is 1. The number of amides is 1. The summed E-state index contributed by atoms with van der Waals surface area (Å²) >= 11 is 0. The van der Waals surface area contributed by atoms with E-state index in [1.165, 1.54) is 0 Å². The van der Waals surface area contributed by atoms with Crippen LogP contribution in [0.25, 0.3) is 0 Å². The molecule has 0 aliphatic carbocycles. The molecule has 5 nitrogen and oxygen atoms in total. The molecule has 0 aliphatic heterocycles. The molecule has 4 N–H and O–H groups in total. The lowest BCUT2D eigenvalue weighted by molar-refractivity contribution is -0.115. The maximum Gasteiger partial charge on any atom is 0.231 e. The Balaban J connectivity index is 1.87. The van der Waals surface area contributed by atoms with E-state index < -0.39 is 0 Å². The van der Waals surface area contributed by atoms with E-state index in [1.54, 1.807) is 24.3 Å². The predicted octanol–water partition coefficient (Wildman–Crippen LogP) is 2.53. The van der Waals surface area contributed by atoms with Crippen LogP contribution in [0.2, 0.25) is 0 Å². The van der Waals surface area contributed by atoms with Gasteiger partial charge in [-0.15, -0.1) is 0 Å². The number of ether oxygens (including phenoxy) is 1. The van der Waals surface area contributed by atoms with Gasteiger partial charge in [-0.3, -0.25) is 10.2 Å². The molecule has 0 bridgehead atoms. The molecule has 0 spiro atoms. The number of amidine groups is 1. The van der Waals surface area contributed by atoms with Gasteiger partial charge in [-0.25, -0.2) is 0 Å². The van der Waals surface area contributed by atoms with Crippen molar-refractivity contribution in [3.8, 4) is 5.75 Å². The second-order valence-electron chi connectivity index (χ2n) is 4.55. The Kier molecular flexibility index (Phi) is 4.93. The van der Waals surface area contributed by atoms with Crippen LogP contribution < -0.4 is 15.8 Å². The summed E-state index contributed by atoms with van der Waals surface area (Å²) in [4.78, 5) is 11.5. The van der Waals surface area contributed by atoms with Crippen molar-refractivity contribution in [2.24, 2.45) is 5.73 Å². The highest BCUT2D eigenvalue weighted by Crippen LogP contribution is 2.17. The fraction of sp³-hybridized carbons (Fsp3) is 0.125. The standard InChI is InChI=1S/C16H17N3O2/c17-15(18)10-16(20)19-13-6-8-14(9-7-13)21-11-12-4-2-1-3-5-12/h1-9H,10-11H2,(H3,17,18)(H,19,20). The van der Waals surface area contributed by atoms with Crippen LogP contribution in [-0.4, -0.2) is 11.7 Å². The third kappa shape index (κ3) is 4.99. The Hall–Kier alpha value is -2.82. The first-order valence-electron chi connectivity index (χ1n) is 6.53. The molecular weight excluding hydrogens is 266 g/mol. The van der Waals surface area contributed by atoms with Crippen molar-refractivity contribution in [1.82, 2.24) is 0 Å². The Morgan fingerprint density at radius 1 is 1.10 bits per heavy atom. The van der Waals surface area contributed by atoms with Gasteiger partial charge < -0.3 is 15.8 Å². The summed E-state index contributed by atoms with van der Waals surface area (Å²) in [5.41, 5.74) is 6.91. The number of hydrogen-bond donors (Lipinski definition) is 3. The van der Waals surface area contributed by atoms with Gasteiger partial charge in [0.15, 0.2) is 0 Å². The smallest absolute Gasteiger partial charge is 0.231 e. The Morgan fingerprint density at radius 3 is 2.38 bits per heavy atom. The fourth-order valence-corrected chi connectivity index (χ4v) is 1.75. The monoisotopic (exact) mass is 283 g/mol. The molecule has 0 atom stereocenters. The maximum absolute atomic E-state index is 11.5. The highest BCUT2D eigenvalue weighted by molar-refractivity contribution is 6.03. The Labute approximate surface area is 123 Å². The molecule has 5 heteroatoms. The Morgan fingerprint density at radius 2 is 1.76 bits per heavy atom. The van der Waals surface area contributed by atoms with Crippen LogP contribution in [0.15, 0.2) is 54.6 Å². The summed E-state index contributed by atoms with van der Waals surface area (Å²) in [6.07, 6.45) is -0.105. The van der Waals surface area contributed by atoms with Gasteiger partial charge >= 0.3 is 0 Å². The van der Waals surface area contributed by atoms with Crippen LogP contribution in [0.3, 0.4) is 0 Å². The van der Waals surface area contributed by atoms with E-state index in [1.807, 2.05) is 30.3 Å².